The molecule has 0 aromatic carbocycles. The summed E-state index contributed by atoms with van der Waals surface area (Å²) >= 11 is 11.8. The molecule has 0 radical (unpaired) electrons. The van der Waals surface area contributed by atoms with Crippen molar-refractivity contribution in [3.63, 3.8) is 0 Å². The van der Waals surface area contributed by atoms with Crippen molar-refractivity contribution in [3.05, 3.63) is 32.3 Å². The van der Waals surface area contributed by atoms with Gasteiger partial charge in [0.15, 0.2) is 0 Å². The normalized spacial score (nSPS) is 19.5. The molecule has 1 N–H and O–H groups in total. The van der Waals surface area contributed by atoms with Gasteiger partial charge in [0.05, 0.1) is 29.9 Å². The highest BCUT2D eigenvalue weighted by Crippen LogP contribution is 2.37. The number of hydrogen-bond donors (Lipinski definition) is 1. The lowest BCUT2D eigenvalue weighted by Gasteiger charge is -2.28. The van der Waals surface area contributed by atoms with E-state index in [-0.39, 0.29) is 35.5 Å². The Bertz CT molecular complexity index is 972. The maximum Gasteiger partial charge on any atom is 0.352 e. The first-order chi connectivity index (χ1) is 15.7. The summed E-state index contributed by atoms with van der Waals surface area (Å²) in [5.41, 5.74) is 0.161. The average molecular weight is 509 g/mol. The SMILES string of the molecule is Cc1c([N+](=O)[O-])c(OCCC(C)Nc2nc(Cl)ncc2Cl)nn1C1CCC(OC(F)F)CC1. The van der Waals surface area contributed by atoms with Crippen molar-refractivity contribution in [1.82, 2.24) is 19.7 Å². The van der Waals surface area contributed by atoms with Gasteiger partial charge in [-0.05, 0) is 51.1 Å². The molecular weight excluding hydrogens is 485 g/mol. The summed E-state index contributed by atoms with van der Waals surface area (Å²) in [4.78, 5) is 18.9. The lowest BCUT2D eigenvalue weighted by Crippen LogP contribution is -2.26. The Morgan fingerprint density at radius 3 is 2.67 bits per heavy atom. The molecule has 0 bridgehead atoms. The molecule has 0 saturated heterocycles. The molecule has 1 aliphatic rings. The number of nitro groups is 1. The smallest absolute Gasteiger partial charge is 0.352 e. The first-order valence-corrected chi connectivity index (χ1v) is 11.2. The quantitative estimate of drug-likeness (QED) is 0.264. The Labute approximate surface area is 198 Å². The number of halogens is 4. The molecular formula is C19H24Cl2F2N6O4. The lowest BCUT2D eigenvalue weighted by molar-refractivity contribution is -0.386. The number of aromatic nitrogens is 4. The molecule has 2 heterocycles. The first-order valence-electron chi connectivity index (χ1n) is 10.4. The summed E-state index contributed by atoms with van der Waals surface area (Å²) in [7, 11) is 0. The van der Waals surface area contributed by atoms with Gasteiger partial charge < -0.3 is 14.8 Å². The first kappa shape index (κ1) is 25.3. The van der Waals surface area contributed by atoms with Gasteiger partial charge in [-0.25, -0.2) is 4.98 Å². The number of anilines is 1. The predicted octanol–water partition coefficient (Wildman–Crippen LogP) is 5.19. The number of hydrogen-bond acceptors (Lipinski definition) is 8. The van der Waals surface area contributed by atoms with Crippen LogP contribution in [0.2, 0.25) is 10.3 Å². The van der Waals surface area contributed by atoms with Gasteiger partial charge in [0.1, 0.15) is 16.5 Å². The molecule has 0 aliphatic heterocycles. The van der Waals surface area contributed by atoms with E-state index < -0.39 is 17.6 Å². The second kappa shape index (κ2) is 11.2. The fraction of sp³-hybridized carbons (Fsp3) is 0.632. The molecule has 14 heteroatoms. The van der Waals surface area contributed by atoms with E-state index in [0.29, 0.717) is 48.6 Å². The molecule has 2 aromatic rings. The van der Waals surface area contributed by atoms with Crippen LogP contribution in [0.15, 0.2) is 6.20 Å². The van der Waals surface area contributed by atoms with Crippen molar-refractivity contribution in [2.75, 3.05) is 11.9 Å². The van der Waals surface area contributed by atoms with E-state index in [2.05, 4.69) is 25.1 Å². The van der Waals surface area contributed by atoms with Crippen molar-refractivity contribution < 1.29 is 23.2 Å². The molecule has 0 spiro atoms. The molecule has 1 atom stereocenters. The van der Waals surface area contributed by atoms with Crippen molar-refractivity contribution in [2.24, 2.45) is 0 Å². The van der Waals surface area contributed by atoms with Gasteiger partial charge in [-0.15, -0.1) is 5.10 Å². The minimum atomic E-state index is -2.81. The number of rotatable bonds is 10. The highest BCUT2D eigenvalue weighted by Gasteiger charge is 2.32. The van der Waals surface area contributed by atoms with Gasteiger partial charge in [0.2, 0.25) is 5.28 Å². The number of alkyl halides is 2. The maximum absolute atomic E-state index is 12.4. The van der Waals surface area contributed by atoms with Crippen molar-refractivity contribution in [2.45, 2.75) is 70.8 Å². The molecule has 2 aromatic heterocycles. The molecule has 1 aliphatic carbocycles. The zero-order chi connectivity index (χ0) is 24.1. The Morgan fingerprint density at radius 1 is 1.33 bits per heavy atom. The summed E-state index contributed by atoms with van der Waals surface area (Å²) in [6.45, 7) is 0.813. The third kappa shape index (κ3) is 6.61. The van der Waals surface area contributed by atoms with E-state index in [1.807, 2.05) is 6.92 Å². The fourth-order valence-corrected chi connectivity index (χ4v) is 4.08. The van der Waals surface area contributed by atoms with Crippen LogP contribution < -0.4 is 10.1 Å². The van der Waals surface area contributed by atoms with Crippen LogP contribution >= 0.6 is 23.2 Å². The second-order valence-electron chi connectivity index (χ2n) is 7.79. The summed E-state index contributed by atoms with van der Waals surface area (Å²) in [6.07, 6.45) is 3.24. The standard InChI is InChI=1S/C19H24Cl2F2N6O4/c1-10(25-16-14(20)9-24-18(21)26-16)7-8-32-17-15(29(30)31)11(2)28(27-17)12-3-5-13(6-4-12)33-19(22)23/h9-10,12-13,19H,3-8H2,1-2H3,(H,24,25,26). The number of ether oxygens (including phenoxy) is 2. The Morgan fingerprint density at radius 2 is 2.03 bits per heavy atom. The average Bonchev–Trinajstić information content (AvgIpc) is 3.07. The molecule has 33 heavy (non-hydrogen) atoms. The van der Waals surface area contributed by atoms with Gasteiger partial charge in [0, 0.05) is 12.5 Å². The van der Waals surface area contributed by atoms with Crippen LogP contribution in [0.1, 0.15) is 50.8 Å². The molecule has 0 amide bonds. The summed E-state index contributed by atoms with van der Waals surface area (Å²) < 4.78 is 36.7. The van der Waals surface area contributed by atoms with Crippen molar-refractivity contribution >= 4 is 34.7 Å². The Balaban J connectivity index is 1.61. The Hall–Kier alpha value is -2.31. The van der Waals surface area contributed by atoms with E-state index in [9.17, 15) is 18.9 Å². The van der Waals surface area contributed by atoms with E-state index in [1.165, 1.54) is 6.20 Å². The van der Waals surface area contributed by atoms with Crippen LogP contribution in [0.3, 0.4) is 0 Å². The van der Waals surface area contributed by atoms with Crippen LogP contribution in [0.5, 0.6) is 5.88 Å². The number of nitrogens with one attached hydrogen (secondary N) is 1. The van der Waals surface area contributed by atoms with Gasteiger partial charge in [-0.1, -0.05) is 11.6 Å². The molecule has 3 rings (SSSR count). The maximum atomic E-state index is 12.4. The molecule has 182 valence electrons. The highest BCUT2D eigenvalue weighted by molar-refractivity contribution is 6.33. The molecule has 1 fully saturated rings. The van der Waals surface area contributed by atoms with Crippen LogP contribution in [-0.4, -0.2) is 50.0 Å². The summed E-state index contributed by atoms with van der Waals surface area (Å²) in [6, 6.07) is -0.287. The zero-order valence-electron chi connectivity index (χ0n) is 18.0. The van der Waals surface area contributed by atoms with Gasteiger partial charge in [0.25, 0.3) is 0 Å². The van der Waals surface area contributed by atoms with Crippen molar-refractivity contribution in [1.29, 1.82) is 0 Å². The third-order valence-electron chi connectivity index (χ3n) is 5.44. The minimum Gasteiger partial charge on any atom is -0.472 e. The van der Waals surface area contributed by atoms with Crippen LogP contribution in [0.25, 0.3) is 0 Å². The van der Waals surface area contributed by atoms with E-state index in [1.54, 1.807) is 11.6 Å². The summed E-state index contributed by atoms with van der Waals surface area (Å²) in [5, 5.41) is 19.4. The second-order valence-corrected chi connectivity index (χ2v) is 8.53. The largest absolute Gasteiger partial charge is 0.472 e. The van der Waals surface area contributed by atoms with E-state index >= 15 is 0 Å². The van der Waals surface area contributed by atoms with Crippen LogP contribution in [0.4, 0.5) is 20.3 Å². The monoisotopic (exact) mass is 508 g/mol. The lowest BCUT2D eigenvalue weighted by atomic mass is 9.93. The van der Waals surface area contributed by atoms with Crippen LogP contribution in [0, 0.1) is 17.0 Å². The summed E-state index contributed by atoms with van der Waals surface area (Å²) in [5.74, 6) is 0.306. The fourth-order valence-electron chi connectivity index (χ4n) is 3.80. The topological polar surface area (TPSA) is 117 Å². The highest BCUT2D eigenvalue weighted by atomic mass is 35.5. The Kier molecular flexibility index (Phi) is 8.60. The van der Waals surface area contributed by atoms with Crippen LogP contribution in [-0.2, 0) is 4.74 Å². The minimum absolute atomic E-state index is 0.0526. The molecule has 1 saturated carbocycles. The molecule has 10 nitrogen and oxygen atoms in total. The number of nitrogens with zero attached hydrogens (tertiary/aromatic N) is 5. The van der Waals surface area contributed by atoms with Gasteiger partial charge >= 0.3 is 18.2 Å². The van der Waals surface area contributed by atoms with Crippen molar-refractivity contribution in [3.8, 4) is 5.88 Å². The van der Waals surface area contributed by atoms with Gasteiger partial charge in [-0.3, -0.25) is 14.8 Å². The van der Waals surface area contributed by atoms with Gasteiger partial charge in [-0.2, -0.15) is 13.8 Å². The van der Waals surface area contributed by atoms with E-state index in [4.69, 9.17) is 27.9 Å². The van der Waals surface area contributed by atoms with E-state index in [0.717, 1.165) is 0 Å². The zero-order valence-corrected chi connectivity index (χ0v) is 19.5. The molecule has 1 unspecified atom stereocenters. The predicted molar refractivity (Wildman–Crippen MR) is 117 cm³/mol. The third-order valence-corrected chi connectivity index (χ3v) is 5.90.